The molecule has 0 bridgehead atoms. The van der Waals surface area contributed by atoms with Gasteiger partial charge in [-0.15, -0.1) is 10.2 Å². The Bertz CT molecular complexity index is 823. The van der Waals surface area contributed by atoms with Gasteiger partial charge >= 0.3 is 0 Å². The zero-order valence-corrected chi connectivity index (χ0v) is 18.6. The molecule has 1 amide bonds. The van der Waals surface area contributed by atoms with Gasteiger partial charge in [0.05, 0.1) is 5.25 Å². The number of benzene rings is 1. The first kappa shape index (κ1) is 20.5. The zero-order valence-electron chi connectivity index (χ0n) is 17.8. The van der Waals surface area contributed by atoms with Crippen LogP contribution in [-0.2, 0) is 11.2 Å². The van der Waals surface area contributed by atoms with Crippen LogP contribution in [0, 0.1) is 5.92 Å². The molecule has 1 saturated carbocycles. The largest absolute Gasteiger partial charge is 0.342 e. The molecule has 1 unspecified atom stereocenters. The van der Waals surface area contributed by atoms with Crippen molar-refractivity contribution in [1.29, 1.82) is 0 Å². The van der Waals surface area contributed by atoms with Crippen LogP contribution in [-0.4, -0.2) is 43.9 Å². The summed E-state index contributed by atoms with van der Waals surface area (Å²) in [5.41, 5.74) is 1.40. The van der Waals surface area contributed by atoms with Gasteiger partial charge in [-0.3, -0.25) is 4.79 Å². The average Bonchev–Trinajstić information content (AvgIpc) is 3.48. The highest BCUT2D eigenvalue weighted by Crippen LogP contribution is 2.41. The number of piperidine rings is 1. The minimum absolute atomic E-state index is 0.123. The van der Waals surface area contributed by atoms with E-state index in [0.717, 1.165) is 43.3 Å². The van der Waals surface area contributed by atoms with E-state index in [9.17, 15) is 4.79 Å². The number of amides is 1. The summed E-state index contributed by atoms with van der Waals surface area (Å²) in [6, 6.07) is 11.2. The van der Waals surface area contributed by atoms with Crippen molar-refractivity contribution in [1.82, 2.24) is 19.7 Å². The van der Waals surface area contributed by atoms with Crippen molar-refractivity contribution in [3.05, 3.63) is 41.7 Å². The second-order valence-corrected chi connectivity index (χ2v) is 10.1. The van der Waals surface area contributed by atoms with Gasteiger partial charge in [-0.2, -0.15) is 0 Å². The molecule has 0 spiro atoms. The minimum Gasteiger partial charge on any atom is -0.342 e. The maximum Gasteiger partial charge on any atom is 0.235 e. The number of hydrogen-bond donors (Lipinski definition) is 0. The lowest BCUT2D eigenvalue weighted by Gasteiger charge is -2.33. The first-order chi connectivity index (χ1) is 14.0. The maximum atomic E-state index is 13.1. The standard InChI is InChI=1S/C23H32N4OS/c1-16(2)21-24-25-23(27(21)20-9-10-20)29-17(3)22(28)26-13-11-19(12-14-26)15-18-7-5-4-6-8-18/h4-8,16-17,19-20H,9-15H2,1-3H3. The Balaban J connectivity index is 1.32. The third-order valence-electron chi connectivity index (χ3n) is 6.04. The van der Waals surface area contributed by atoms with Crippen molar-refractivity contribution < 1.29 is 4.79 Å². The van der Waals surface area contributed by atoms with Gasteiger partial charge in [-0.1, -0.05) is 55.9 Å². The summed E-state index contributed by atoms with van der Waals surface area (Å²) >= 11 is 1.58. The number of carbonyl (C=O) groups is 1. The lowest BCUT2D eigenvalue weighted by molar-refractivity contribution is -0.131. The van der Waals surface area contributed by atoms with E-state index in [1.54, 1.807) is 11.8 Å². The number of carbonyl (C=O) groups excluding carboxylic acids is 1. The van der Waals surface area contributed by atoms with Crippen molar-refractivity contribution in [2.75, 3.05) is 13.1 Å². The van der Waals surface area contributed by atoms with Gasteiger partial charge in [0.15, 0.2) is 5.16 Å². The summed E-state index contributed by atoms with van der Waals surface area (Å²) in [4.78, 5) is 15.1. The summed E-state index contributed by atoms with van der Waals surface area (Å²) in [5, 5.41) is 9.64. The summed E-state index contributed by atoms with van der Waals surface area (Å²) in [6.07, 6.45) is 5.70. The van der Waals surface area contributed by atoms with Crippen LogP contribution in [0.2, 0.25) is 0 Å². The molecule has 1 aliphatic carbocycles. The van der Waals surface area contributed by atoms with E-state index in [2.05, 4.69) is 63.8 Å². The van der Waals surface area contributed by atoms with Crippen molar-refractivity contribution in [3.63, 3.8) is 0 Å². The van der Waals surface area contributed by atoms with Gasteiger partial charge in [0.1, 0.15) is 5.82 Å². The molecule has 156 valence electrons. The van der Waals surface area contributed by atoms with E-state index in [4.69, 9.17) is 0 Å². The molecule has 2 heterocycles. The molecule has 1 saturated heterocycles. The number of nitrogens with zero attached hydrogens (tertiary/aromatic N) is 4. The van der Waals surface area contributed by atoms with Crippen LogP contribution in [0.25, 0.3) is 0 Å². The predicted molar refractivity (Wildman–Crippen MR) is 117 cm³/mol. The number of hydrogen-bond acceptors (Lipinski definition) is 4. The monoisotopic (exact) mass is 412 g/mol. The SMILES string of the molecule is CC(Sc1nnc(C(C)C)n1C1CC1)C(=O)N1CCC(Cc2ccccc2)CC1. The van der Waals surface area contributed by atoms with Crippen molar-refractivity contribution in [2.45, 2.75) is 75.2 Å². The normalized spacial score (nSPS) is 19.0. The average molecular weight is 413 g/mol. The number of rotatable bonds is 7. The Morgan fingerprint density at radius 1 is 1.07 bits per heavy atom. The first-order valence-corrected chi connectivity index (χ1v) is 11.8. The highest BCUT2D eigenvalue weighted by atomic mass is 32.2. The molecule has 6 heteroatoms. The van der Waals surface area contributed by atoms with Gasteiger partial charge in [0.25, 0.3) is 0 Å². The lowest BCUT2D eigenvalue weighted by atomic mass is 9.90. The van der Waals surface area contributed by atoms with Crippen LogP contribution in [0.1, 0.15) is 69.8 Å². The number of aromatic nitrogens is 3. The number of likely N-dealkylation sites (tertiary alicyclic amines) is 1. The fourth-order valence-electron chi connectivity index (χ4n) is 4.21. The molecule has 5 nitrogen and oxygen atoms in total. The molecule has 2 fully saturated rings. The highest BCUT2D eigenvalue weighted by Gasteiger charge is 2.33. The molecule has 1 aliphatic heterocycles. The fraction of sp³-hybridized carbons (Fsp3) is 0.609. The Morgan fingerprint density at radius 3 is 2.38 bits per heavy atom. The summed E-state index contributed by atoms with van der Waals surface area (Å²) < 4.78 is 2.28. The van der Waals surface area contributed by atoms with Gasteiger partial charge in [-0.05, 0) is 50.5 Å². The molecule has 4 rings (SSSR count). The van der Waals surface area contributed by atoms with E-state index in [1.807, 2.05) is 6.92 Å². The zero-order chi connectivity index (χ0) is 20.4. The van der Waals surface area contributed by atoms with Gasteiger partial charge < -0.3 is 9.47 Å². The quantitative estimate of drug-likeness (QED) is 0.619. The molecule has 1 atom stereocenters. The van der Waals surface area contributed by atoms with Gasteiger partial charge in [0.2, 0.25) is 5.91 Å². The van der Waals surface area contributed by atoms with E-state index in [0.29, 0.717) is 17.9 Å². The Morgan fingerprint density at radius 2 is 1.76 bits per heavy atom. The Kier molecular flexibility index (Phi) is 6.28. The van der Waals surface area contributed by atoms with E-state index in [1.165, 1.54) is 18.4 Å². The smallest absolute Gasteiger partial charge is 0.235 e. The van der Waals surface area contributed by atoms with Crippen LogP contribution >= 0.6 is 11.8 Å². The molecule has 29 heavy (non-hydrogen) atoms. The third kappa shape index (κ3) is 4.85. The third-order valence-corrected chi connectivity index (χ3v) is 7.09. The predicted octanol–water partition coefficient (Wildman–Crippen LogP) is 4.70. The fourth-order valence-corrected chi connectivity index (χ4v) is 5.22. The second-order valence-electron chi connectivity index (χ2n) is 8.82. The summed E-state index contributed by atoms with van der Waals surface area (Å²) in [7, 11) is 0. The molecule has 1 aromatic carbocycles. The van der Waals surface area contributed by atoms with Gasteiger partial charge in [-0.25, -0.2) is 0 Å². The highest BCUT2D eigenvalue weighted by molar-refractivity contribution is 8.00. The molecule has 2 aliphatic rings. The lowest BCUT2D eigenvalue weighted by Crippen LogP contribution is -2.42. The van der Waals surface area contributed by atoms with E-state index >= 15 is 0 Å². The molecular formula is C23H32N4OS. The van der Waals surface area contributed by atoms with Crippen LogP contribution in [0.4, 0.5) is 0 Å². The van der Waals surface area contributed by atoms with Crippen molar-refractivity contribution in [2.24, 2.45) is 5.92 Å². The molecular weight excluding hydrogens is 380 g/mol. The minimum atomic E-state index is -0.123. The Hall–Kier alpha value is -1.82. The van der Waals surface area contributed by atoms with E-state index < -0.39 is 0 Å². The van der Waals surface area contributed by atoms with Crippen LogP contribution in [0.3, 0.4) is 0 Å². The summed E-state index contributed by atoms with van der Waals surface area (Å²) in [6.45, 7) is 8.07. The Labute approximate surface area is 178 Å². The maximum absolute atomic E-state index is 13.1. The van der Waals surface area contributed by atoms with Crippen LogP contribution in [0.15, 0.2) is 35.5 Å². The van der Waals surface area contributed by atoms with Crippen LogP contribution < -0.4 is 0 Å². The molecule has 1 aromatic heterocycles. The topological polar surface area (TPSA) is 51.0 Å². The number of thioether (sulfide) groups is 1. The summed E-state index contributed by atoms with van der Waals surface area (Å²) in [5.74, 6) is 2.32. The van der Waals surface area contributed by atoms with Gasteiger partial charge in [0, 0.05) is 25.0 Å². The molecule has 0 N–H and O–H groups in total. The van der Waals surface area contributed by atoms with Crippen LogP contribution in [0.5, 0.6) is 0 Å². The first-order valence-electron chi connectivity index (χ1n) is 11.0. The van der Waals surface area contributed by atoms with Crippen molar-refractivity contribution in [3.8, 4) is 0 Å². The molecule has 2 aromatic rings. The van der Waals surface area contributed by atoms with Crippen molar-refractivity contribution >= 4 is 17.7 Å². The second kappa shape index (κ2) is 8.90. The van der Waals surface area contributed by atoms with E-state index in [-0.39, 0.29) is 11.2 Å². The molecule has 0 radical (unpaired) electrons.